The van der Waals surface area contributed by atoms with E-state index in [0.29, 0.717) is 11.8 Å². The molecule has 8 heteroatoms. The van der Waals surface area contributed by atoms with Crippen molar-refractivity contribution in [1.29, 1.82) is 0 Å². The minimum absolute atomic E-state index is 0.0734. The first-order valence-corrected chi connectivity index (χ1v) is 6.26. The molecule has 0 aromatic heterocycles. The molecular formula is C15H14O8. The lowest BCUT2D eigenvalue weighted by Gasteiger charge is -2.09. The number of carbonyl (C=O) groups is 4. The van der Waals surface area contributed by atoms with Gasteiger partial charge in [-0.25, -0.2) is 14.4 Å². The highest BCUT2D eigenvalue weighted by Gasteiger charge is 2.12. The summed E-state index contributed by atoms with van der Waals surface area (Å²) in [7, 11) is 2.50. The topological polar surface area (TPSA) is 105 Å². The summed E-state index contributed by atoms with van der Waals surface area (Å²) in [5, 5.41) is 0. The van der Waals surface area contributed by atoms with Gasteiger partial charge in [-0.2, -0.15) is 0 Å². The first-order chi connectivity index (χ1) is 11.0. The number of carbonyl (C=O) groups excluding carboxylic acids is 4. The van der Waals surface area contributed by atoms with Gasteiger partial charge in [0.25, 0.3) is 0 Å². The molecule has 122 valence electrons. The van der Waals surface area contributed by atoms with Crippen LogP contribution >= 0.6 is 0 Å². The van der Waals surface area contributed by atoms with Crippen LogP contribution in [0.3, 0.4) is 0 Å². The molecule has 0 N–H and O–H groups in total. The van der Waals surface area contributed by atoms with Crippen LogP contribution in [0.5, 0.6) is 11.5 Å². The molecule has 0 aliphatic carbocycles. The lowest BCUT2D eigenvalue weighted by molar-refractivity contribution is -0.150. The molecule has 0 fully saturated rings. The Hall–Kier alpha value is -3.16. The first-order valence-electron chi connectivity index (χ1n) is 6.26. The van der Waals surface area contributed by atoms with E-state index < -0.39 is 24.5 Å². The Labute approximate surface area is 131 Å². The summed E-state index contributed by atoms with van der Waals surface area (Å²) in [4.78, 5) is 44.3. The predicted molar refractivity (Wildman–Crippen MR) is 76.1 cm³/mol. The van der Waals surface area contributed by atoms with Crippen molar-refractivity contribution in [2.24, 2.45) is 0 Å². The van der Waals surface area contributed by atoms with Crippen LogP contribution in [0.15, 0.2) is 30.4 Å². The van der Waals surface area contributed by atoms with Crippen LogP contribution in [-0.2, 0) is 23.9 Å². The van der Waals surface area contributed by atoms with Crippen molar-refractivity contribution in [3.63, 3.8) is 0 Å². The van der Waals surface area contributed by atoms with Crippen LogP contribution in [-0.4, -0.2) is 45.0 Å². The van der Waals surface area contributed by atoms with E-state index in [4.69, 9.17) is 9.47 Å². The van der Waals surface area contributed by atoms with E-state index in [1.54, 1.807) is 0 Å². The van der Waals surface area contributed by atoms with E-state index in [0.717, 1.165) is 19.3 Å². The summed E-state index contributed by atoms with van der Waals surface area (Å²) >= 11 is 0. The molecule has 8 nitrogen and oxygen atoms in total. The van der Waals surface area contributed by atoms with Crippen molar-refractivity contribution in [1.82, 2.24) is 0 Å². The fourth-order valence-electron chi connectivity index (χ4n) is 1.38. The Kier molecular flexibility index (Phi) is 6.99. The van der Waals surface area contributed by atoms with Gasteiger partial charge in [-0.3, -0.25) is 4.79 Å². The first kappa shape index (κ1) is 17.9. The van der Waals surface area contributed by atoms with Gasteiger partial charge in [0.15, 0.2) is 18.1 Å². The Morgan fingerprint density at radius 1 is 1.04 bits per heavy atom. The summed E-state index contributed by atoms with van der Waals surface area (Å²) in [5.74, 6) is -2.24. The Morgan fingerprint density at radius 2 is 1.74 bits per heavy atom. The molecule has 0 heterocycles. The zero-order valence-corrected chi connectivity index (χ0v) is 12.4. The van der Waals surface area contributed by atoms with Gasteiger partial charge in [0.05, 0.1) is 14.2 Å². The van der Waals surface area contributed by atoms with Crippen LogP contribution in [0.2, 0.25) is 0 Å². The van der Waals surface area contributed by atoms with Crippen LogP contribution in [0.25, 0.3) is 0 Å². The largest absolute Gasteiger partial charge is 0.493 e. The number of methoxy groups -OCH3 is 2. The van der Waals surface area contributed by atoms with Gasteiger partial charge in [-0.05, 0) is 18.2 Å². The van der Waals surface area contributed by atoms with E-state index in [1.165, 1.54) is 25.3 Å². The predicted octanol–water partition coefficient (Wildman–Crippen LogP) is 0.685. The molecule has 0 unspecified atom stereocenters. The molecule has 0 aliphatic rings. The van der Waals surface area contributed by atoms with Gasteiger partial charge in [-0.15, -0.1) is 0 Å². The van der Waals surface area contributed by atoms with E-state index >= 15 is 0 Å². The van der Waals surface area contributed by atoms with Gasteiger partial charge >= 0.3 is 17.9 Å². The van der Waals surface area contributed by atoms with Crippen LogP contribution in [0.4, 0.5) is 0 Å². The molecule has 0 bridgehead atoms. The second kappa shape index (κ2) is 8.98. The van der Waals surface area contributed by atoms with Crippen molar-refractivity contribution >= 4 is 24.2 Å². The second-order valence-electron chi connectivity index (χ2n) is 3.97. The highest BCUT2D eigenvalue weighted by Crippen LogP contribution is 2.27. The quantitative estimate of drug-likeness (QED) is 0.312. The van der Waals surface area contributed by atoms with E-state index in [-0.39, 0.29) is 11.5 Å². The molecular weight excluding hydrogens is 308 g/mol. The number of hydrogen-bond acceptors (Lipinski definition) is 8. The normalized spacial score (nSPS) is 10.0. The summed E-state index contributed by atoms with van der Waals surface area (Å²) in [5.41, 5.74) is 0.348. The van der Waals surface area contributed by atoms with Gasteiger partial charge in [0.2, 0.25) is 0 Å². The number of aldehydes is 1. The molecule has 1 rings (SSSR count). The number of rotatable bonds is 7. The Balaban J connectivity index is 2.57. The molecule has 0 spiro atoms. The maximum absolute atomic E-state index is 11.6. The van der Waals surface area contributed by atoms with Crippen LogP contribution in [0.1, 0.15) is 10.4 Å². The standard InChI is InChI=1S/C15H14O8/c1-20-12-7-10(8-16)3-4-11(12)23-15(19)9-22-14(18)6-5-13(17)21-2/h3-8H,9H2,1-2H3/b6-5-. The summed E-state index contributed by atoms with van der Waals surface area (Å²) < 4.78 is 18.8. The van der Waals surface area contributed by atoms with E-state index in [1.807, 2.05) is 0 Å². The average molecular weight is 322 g/mol. The van der Waals surface area contributed by atoms with Gasteiger partial charge in [-0.1, -0.05) is 0 Å². The monoisotopic (exact) mass is 322 g/mol. The third kappa shape index (κ3) is 6.00. The Bertz CT molecular complexity index is 632. The SMILES string of the molecule is COC(=O)/C=C\C(=O)OCC(=O)Oc1ccc(C=O)cc1OC. The number of esters is 3. The van der Waals surface area contributed by atoms with Gasteiger partial charge < -0.3 is 18.9 Å². The lowest BCUT2D eigenvalue weighted by atomic mass is 10.2. The molecule has 0 aliphatic heterocycles. The third-order valence-corrected chi connectivity index (χ3v) is 2.44. The van der Waals surface area contributed by atoms with Crippen molar-refractivity contribution in [2.45, 2.75) is 0 Å². The van der Waals surface area contributed by atoms with Crippen LogP contribution < -0.4 is 9.47 Å². The summed E-state index contributed by atoms with van der Waals surface area (Å²) in [6.07, 6.45) is 2.29. The molecule has 23 heavy (non-hydrogen) atoms. The minimum atomic E-state index is -0.907. The molecule has 1 aromatic carbocycles. The fourth-order valence-corrected chi connectivity index (χ4v) is 1.38. The zero-order chi connectivity index (χ0) is 17.2. The lowest BCUT2D eigenvalue weighted by Crippen LogP contribution is -2.18. The van der Waals surface area contributed by atoms with Crippen molar-refractivity contribution in [3.05, 3.63) is 35.9 Å². The Morgan fingerprint density at radius 3 is 2.35 bits per heavy atom. The number of benzene rings is 1. The molecule has 1 aromatic rings. The van der Waals surface area contributed by atoms with Gasteiger partial charge in [0, 0.05) is 17.7 Å². The molecule has 0 radical (unpaired) electrons. The minimum Gasteiger partial charge on any atom is -0.493 e. The smallest absolute Gasteiger partial charge is 0.349 e. The third-order valence-electron chi connectivity index (χ3n) is 2.44. The highest BCUT2D eigenvalue weighted by atomic mass is 16.6. The van der Waals surface area contributed by atoms with Crippen LogP contribution in [0, 0.1) is 0 Å². The molecule has 0 saturated heterocycles. The van der Waals surface area contributed by atoms with Gasteiger partial charge in [0.1, 0.15) is 6.29 Å². The average Bonchev–Trinajstić information content (AvgIpc) is 2.57. The number of ether oxygens (including phenoxy) is 4. The maximum Gasteiger partial charge on any atom is 0.349 e. The molecule has 0 atom stereocenters. The maximum atomic E-state index is 11.6. The fraction of sp³-hybridized carbons (Fsp3) is 0.200. The van der Waals surface area contributed by atoms with E-state index in [2.05, 4.69) is 9.47 Å². The highest BCUT2D eigenvalue weighted by molar-refractivity contribution is 5.92. The second-order valence-corrected chi connectivity index (χ2v) is 3.97. The summed E-state index contributed by atoms with van der Waals surface area (Å²) in [6, 6.07) is 4.20. The van der Waals surface area contributed by atoms with Crippen molar-refractivity contribution in [2.75, 3.05) is 20.8 Å². The zero-order valence-electron chi connectivity index (χ0n) is 12.4. The molecule has 0 saturated carbocycles. The van der Waals surface area contributed by atoms with Crippen molar-refractivity contribution < 1.29 is 38.1 Å². The molecule has 0 amide bonds. The van der Waals surface area contributed by atoms with E-state index in [9.17, 15) is 19.2 Å². The summed E-state index contributed by atoms with van der Waals surface area (Å²) in [6.45, 7) is -0.664. The number of hydrogen-bond donors (Lipinski definition) is 0. The van der Waals surface area contributed by atoms with Crippen molar-refractivity contribution in [3.8, 4) is 11.5 Å².